The minimum absolute atomic E-state index is 0.000350. The zero-order valence-electron chi connectivity index (χ0n) is 17.8. The van der Waals surface area contributed by atoms with Gasteiger partial charge in [0.1, 0.15) is 5.56 Å². The number of amides is 1. The number of carbonyl (C=O) groups excluding carboxylic acids is 2. The predicted octanol–water partition coefficient (Wildman–Crippen LogP) is 3.21. The zero-order valence-corrected chi connectivity index (χ0v) is 17.8. The van der Waals surface area contributed by atoms with Crippen molar-refractivity contribution < 1.29 is 14.3 Å². The topological polar surface area (TPSA) is 77.4 Å². The number of nitrogens with zero attached hydrogens (tertiary/aromatic N) is 1. The van der Waals surface area contributed by atoms with E-state index in [9.17, 15) is 14.4 Å². The summed E-state index contributed by atoms with van der Waals surface area (Å²) in [6.45, 7) is 7.09. The Bertz CT molecular complexity index is 1040. The second kappa shape index (κ2) is 7.84. The van der Waals surface area contributed by atoms with Crippen molar-refractivity contribution in [2.24, 2.45) is 5.41 Å². The van der Waals surface area contributed by atoms with Gasteiger partial charge in [-0.05, 0) is 49.8 Å². The van der Waals surface area contributed by atoms with Crippen molar-refractivity contribution in [2.45, 2.75) is 52.6 Å². The summed E-state index contributed by atoms with van der Waals surface area (Å²) < 4.78 is 7.10. The molecule has 0 spiro atoms. The first-order valence-corrected chi connectivity index (χ1v) is 10.5. The van der Waals surface area contributed by atoms with Gasteiger partial charge in [-0.1, -0.05) is 31.5 Å². The predicted molar refractivity (Wildman–Crippen MR) is 115 cm³/mol. The van der Waals surface area contributed by atoms with Crippen LogP contribution in [0.5, 0.6) is 0 Å². The molecule has 0 unspecified atom stereocenters. The van der Waals surface area contributed by atoms with Crippen LogP contribution in [0.4, 0.5) is 0 Å². The van der Waals surface area contributed by atoms with Gasteiger partial charge in [0, 0.05) is 36.5 Å². The molecule has 2 heterocycles. The van der Waals surface area contributed by atoms with Crippen molar-refractivity contribution in [1.29, 1.82) is 0 Å². The molecule has 1 aliphatic carbocycles. The van der Waals surface area contributed by atoms with Gasteiger partial charge >= 0.3 is 0 Å². The van der Waals surface area contributed by atoms with E-state index in [4.69, 9.17) is 4.74 Å². The molecule has 4 rings (SSSR count). The zero-order chi connectivity index (χ0) is 21.5. The Balaban J connectivity index is 1.80. The number of benzene rings is 1. The molecule has 30 heavy (non-hydrogen) atoms. The molecule has 0 bridgehead atoms. The molecule has 1 aliphatic heterocycles. The Morgan fingerprint density at radius 3 is 2.60 bits per heavy atom. The van der Waals surface area contributed by atoms with Crippen molar-refractivity contribution >= 4 is 11.7 Å². The monoisotopic (exact) mass is 408 g/mol. The maximum atomic E-state index is 13.4. The van der Waals surface area contributed by atoms with Crippen LogP contribution >= 0.6 is 0 Å². The number of hydrogen-bond acceptors (Lipinski definition) is 4. The summed E-state index contributed by atoms with van der Waals surface area (Å²) in [4.78, 5) is 39.3. The van der Waals surface area contributed by atoms with Crippen LogP contribution in [0.1, 0.15) is 65.1 Å². The summed E-state index contributed by atoms with van der Waals surface area (Å²) in [5, 5.41) is 2.82. The van der Waals surface area contributed by atoms with Crippen LogP contribution in [-0.4, -0.2) is 35.5 Å². The molecule has 1 saturated heterocycles. The lowest BCUT2D eigenvalue weighted by Gasteiger charge is -2.32. The summed E-state index contributed by atoms with van der Waals surface area (Å²) in [7, 11) is 0. The number of ether oxygens (including phenoxy) is 1. The van der Waals surface area contributed by atoms with Gasteiger partial charge in [-0.2, -0.15) is 0 Å². The van der Waals surface area contributed by atoms with Gasteiger partial charge in [0.05, 0.1) is 6.10 Å². The summed E-state index contributed by atoms with van der Waals surface area (Å²) >= 11 is 0. The summed E-state index contributed by atoms with van der Waals surface area (Å²) in [6.07, 6.45) is 2.83. The van der Waals surface area contributed by atoms with E-state index >= 15 is 0 Å². The summed E-state index contributed by atoms with van der Waals surface area (Å²) in [5.41, 5.74) is 2.25. The van der Waals surface area contributed by atoms with E-state index in [1.807, 2.05) is 45.0 Å². The Morgan fingerprint density at radius 1 is 1.20 bits per heavy atom. The first-order valence-electron chi connectivity index (χ1n) is 10.5. The quantitative estimate of drug-likeness (QED) is 0.843. The number of carbonyl (C=O) groups is 2. The van der Waals surface area contributed by atoms with Crippen molar-refractivity contribution in [3.63, 3.8) is 0 Å². The fourth-order valence-corrected chi connectivity index (χ4v) is 4.35. The number of pyridine rings is 1. The van der Waals surface area contributed by atoms with Crippen LogP contribution < -0.4 is 10.9 Å². The van der Waals surface area contributed by atoms with Crippen LogP contribution in [-0.2, 0) is 11.2 Å². The van der Waals surface area contributed by atoms with E-state index in [1.54, 1.807) is 4.57 Å². The van der Waals surface area contributed by atoms with Gasteiger partial charge in [-0.25, -0.2) is 0 Å². The number of ketones is 1. The number of hydrogen-bond donors (Lipinski definition) is 1. The molecule has 1 amide bonds. The van der Waals surface area contributed by atoms with Crippen LogP contribution in [0.25, 0.3) is 5.69 Å². The van der Waals surface area contributed by atoms with Crippen LogP contribution in [0, 0.1) is 12.3 Å². The number of Topliss-reactive ketones (excluding diaryl/α,β-unsaturated/α-hetero) is 1. The lowest BCUT2D eigenvalue weighted by Crippen LogP contribution is -2.40. The molecule has 0 saturated carbocycles. The Hall–Kier alpha value is -2.73. The van der Waals surface area contributed by atoms with Gasteiger partial charge in [-0.3, -0.25) is 19.0 Å². The normalized spacial score (nSPS) is 20.1. The average molecular weight is 408 g/mol. The number of aromatic nitrogens is 1. The fourth-order valence-electron chi connectivity index (χ4n) is 4.35. The van der Waals surface area contributed by atoms with Gasteiger partial charge in [0.2, 0.25) is 0 Å². The molecule has 2 aromatic rings. The Labute approximate surface area is 176 Å². The van der Waals surface area contributed by atoms with Gasteiger partial charge in [-0.15, -0.1) is 0 Å². The smallest absolute Gasteiger partial charge is 0.268 e. The van der Waals surface area contributed by atoms with Crippen LogP contribution in [0.15, 0.2) is 35.1 Å². The van der Waals surface area contributed by atoms with E-state index in [0.717, 1.165) is 18.4 Å². The molecular formula is C24H28N2O4. The van der Waals surface area contributed by atoms with Crippen LogP contribution in [0.3, 0.4) is 0 Å². The third-order valence-corrected chi connectivity index (χ3v) is 5.94. The lowest BCUT2D eigenvalue weighted by molar-refractivity contribution is 0.0856. The van der Waals surface area contributed by atoms with Crippen LogP contribution in [0.2, 0.25) is 0 Å². The first-order chi connectivity index (χ1) is 14.2. The highest BCUT2D eigenvalue weighted by Gasteiger charge is 2.35. The molecule has 0 radical (unpaired) electrons. The first kappa shape index (κ1) is 20.5. The summed E-state index contributed by atoms with van der Waals surface area (Å²) in [6, 6.07) is 9.06. The molecule has 1 N–H and O–H groups in total. The SMILES string of the molecule is Cc1ccc(-n2c3c(cc(C(=O)NC[C@@H]4CCCO4)c2=O)C(=O)CC(C)(C)C3)cc1. The van der Waals surface area contributed by atoms with Gasteiger partial charge < -0.3 is 10.1 Å². The van der Waals surface area contributed by atoms with Crippen molar-refractivity contribution in [3.05, 3.63) is 63.1 Å². The largest absolute Gasteiger partial charge is 0.376 e. The fraction of sp³-hybridized carbons (Fsp3) is 0.458. The van der Waals surface area contributed by atoms with Crippen molar-refractivity contribution in [3.8, 4) is 5.69 Å². The van der Waals surface area contributed by atoms with E-state index in [-0.39, 0.29) is 22.9 Å². The molecule has 158 valence electrons. The second-order valence-corrected chi connectivity index (χ2v) is 9.18. The number of aryl methyl sites for hydroxylation is 1. The van der Waals surface area contributed by atoms with E-state index in [1.165, 1.54) is 6.07 Å². The summed E-state index contributed by atoms with van der Waals surface area (Å²) in [5.74, 6) is -0.493. The molecule has 1 fully saturated rings. The molecule has 6 nitrogen and oxygen atoms in total. The second-order valence-electron chi connectivity index (χ2n) is 9.18. The maximum Gasteiger partial charge on any atom is 0.268 e. The third-order valence-electron chi connectivity index (χ3n) is 5.94. The minimum atomic E-state index is -0.461. The molecule has 1 atom stereocenters. The number of fused-ring (bicyclic) bond motifs is 1. The third kappa shape index (κ3) is 3.97. The Morgan fingerprint density at radius 2 is 1.93 bits per heavy atom. The van der Waals surface area contributed by atoms with Crippen molar-refractivity contribution in [1.82, 2.24) is 9.88 Å². The highest BCUT2D eigenvalue weighted by molar-refractivity contribution is 6.02. The van der Waals surface area contributed by atoms with E-state index < -0.39 is 11.5 Å². The number of nitrogens with one attached hydrogen (secondary N) is 1. The van der Waals surface area contributed by atoms with Gasteiger partial charge in [0.15, 0.2) is 5.78 Å². The highest BCUT2D eigenvalue weighted by atomic mass is 16.5. The van der Waals surface area contributed by atoms with E-state index in [0.29, 0.717) is 42.9 Å². The average Bonchev–Trinajstić information content (AvgIpc) is 3.20. The van der Waals surface area contributed by atoms with Crippen molar-refractivity contribution in [2.75, 3.05) is 13.2 Å². The van der Waals surface area contributed by atoms with Gasteiger partial charge in [0.25, 0.3) is 11.5 Å². The molecule has 6 heteroatoms. The highest BCUT2D eigenvalue weighted by Crippen LogP contribution is 2.35. The number of rotatable bonds is 4. The molecule has 1 aromatic heterocycles. The molecular weight excluding hydrogens is 380 g/mol. The molecule has 2 aliphatic rings. The lowest BCUT2D eigenvalue weighted by atomic mass is 9.75. The van der Waals surface area contributed by atoms with E-state index in [2.05, 4.69) is 5.32 Å². The molecule has 1 aromatic carbocycles. The minimum Gasteiger partial charge on any atom is -0.376 e. The maximum absolute atomic E-state index is 13.4. The Kier molecular flexibility index (Phi) is 5.36. The standard InChI is InChI=1S/C24H28N2O4/c1-15-6-8-16(9-7-15)26-20-12-24(2,3)13-21(27)18(20)11-19(23(26)29)22(28)25-14-17-5-4-10-30-17/h6-9,11,17H,4-5,10,12-14H2,1-3H3,(H,25,28)/t17-/m0/s1.